The lowest BCUT2D eigenvalue weighted by Crippen LogP contribution is -2.56. The molecule has 3 unspecified atom stereocenters. The molecule has 84 valence electrons. The van der Waals surface area contributed by atoms with Crippen LogP contribution in [-0.4, -0.2) is 0 Å². The van der Waals surface area contributed by atoms with Gasteiger partial charge in [-0.2, -0.15) is 0 Å². The van der Waals surface area contributed by atoms with Crippen LogP contribution in [0.25, 0.3) is 0 Å². The summed E-state index contributed by atoms with van der Waals surface area (Å²) in [5, 5.41) is 0. The van der Waals surface area contributed by atoms with Gasteiger partial charge in [-0.25, -0.2) is 0 Å². The molecule has 0 amide bonds. The third kappa shape index (κ3) is 1.03. The molecular weight excluding hydrogens is 180 g/mol. The summed E-state index contributed by atoms with van der Waals surface area (Å²) in [6, 6.07) is 0. The molecular formula is C15H24. The smallest absolute Gasteiger partial charge is 0.00330 e. The average molecular weight is 204 g/mol. The Balaban J connectivity index is 2.46. The van der Waals surface area contributed by atoms with Crippen LogP contribution < -0.4 is 0 Å². The van der Waals surface area contributed by atoms with Gasteiger partial charge in [0.15, 0.2) is 0 Å². The lowest BCUT2D eigenvalue weighted by molar-refractivity contribution is -0.0958. The third-order valence-electron chi connectivity index (χ3n) is 5.46. The van der Waals surface area contributed by atoms with Crippen LogP contribution in [0.2, 0.25) is 0 Å². The zero-order valence-electron chi connectivity index (χ0n) is 10.7. The summed E-state index contributed by atoms with van der Waals surface area (Å²) < 4.78 is 0. The molecule has 0 nitrogen and oxygen atoms in total. The Morgan fingerprint density at radius 1 is 1.33 bits per heavy atom. The summed E-state index contributed by atoms with van der Waals surface area (Å²) in [7, 11) is 0. The van der Waals surface area contributed by atoms with Crippen molar-refractivity contribution < 1.29 is 0 Å². The molecule has 0 aromatic rings. The highest BCUT2D eigenvalue weighted by Gasteiger charge is 2.68. The van der Waals surface area contributed by atoms with E-state index in [4.69, 9.17) is 0 Å². The molecule has 2 aliphatic rings. The zero-order chi connectivity index (χ0) is 11.5. The predicted molar refractivity (Wildman–Crippen MR) is 66.7 cm³/mol. The Hall–Kier alpha value is -0.520. The Morgan fingerprint density at radius 3 is 2.33 bits per heavy atom. The lowest BCUT2D eigenvalue weighted by atomic mass is 9.41. The van der Waals surface area contributed by atoms with Crippen LogP contribution in [0.4, 0.5) is 0 Å². The molecule has 0 saturated heterocycles. The van der Waals surface area contributed by atoms with E-state index >= 15 is 0 Å². The van der Waals surface area contributed by atoms with E-state index in [9.17, 15) is 0 Å². The predicted octanol–water partition coefficient (Wildman–Crippen LogP) is 4.58. The highest BCUT2D eigenvalue weighted by molar-refractivity contribution is 5.31. The Labute approximate surface area is 94.5 Å². The fraction of sp³-hybridized carbons (Fsp3) is 0.733. The van der Waals surface area contributed by atoms with Crippen molar-refractivity contribution in [2.75, 3.05) is 0 Å². The second-order valence-electron chi connectivity index (χ2n) is 6.63. The second kappa shape index (κ2) is 2.78. The van der Waals surface area contributed by atoms with Crippen LogP contribution in [0, 0.1) is 22.2 Å². The molecule has 0 aromatic heterocycles. The summed E-state index contributed by atoms with van der Waals surface area (Å²) in [5.74, 6) is 0.825. The molecule has 0 aromatic carbocycles. The minimum absolute atomic E-state index is 0.291. The quantitative estimate of drug-likeness (QED) is 0.577. The van der Waals surface area contributed by atoms with Crippen LogP contribution >= 0.6 is 0 Å². The maximum absolute atomic E-state index is 4.27. The van der Waals surface area contributed by atoms with Crippen LogP contribution in [0.15, 0.2) is 24.8 Å². The van der Waals surface area contributed by atoms with E-state index in [0.717, 1.165) is 5.92 Å². The van der Waals surface area contributed by atoms with Gasteiger partial charge in [0.1, 0.15) is 0 Å². The number of allylic oxidation sites excluding steroid dienone is 2. The summed E-state index contributed by atoms with van der Waals surface area (Å²) >= 11 is 0. The van der Waals surface area contributed by atoms with Crippen molar-refractivity contribution in [3.63, 3.8) is 0 Å². The van der Waals surface area contributed by atoms with Crippen molar-refractivity contribution in [2.24, 2.45) is 22.2 Å². The molecule has 2 fully saturated rings. The summed E-state index contributed by atoms with van der Waals surface area (Å²) in [5.41, 5.74) is 2.54. The van der Waals surface area contributed by atoms with Crippen molar-refractivity contribution in [2.45, 2.75) is 47.0 Å². The summed E-state index contributed by atoms with van der Waals surface area (Å²) in [4.78, 5) is 0. The van der Waals surface area contributed by atoms with Crippen molar-refractivity contribution in [3.05, 3.63) is 24.8 Å². The normalized spacial score (nSPS) is 46.8. The molecule has 3 atom stereocenters. The largest absolute Gasteiger partial charge is 0.103 e. The molecule has 0 radical (unpaired) electrons. The van der Waals surface area contributed by atoms with Gasteiger partial charge in [0, 0.05) is 5.41 Å². The van der Waals surface area contributed by atoms with Crippen LogP contribution in [0.5, 0.6) is 0 Å². The maximum Gasteiger partial charge on any atom is 0.00330 e. The Kier molecular flexibility index (Phi) is 2.04. The van der Waals surface area contributed by atoms with Crippen molar-refractivity contribution >= 4 is 0 Å². The van der Waals surface area contributed by atoms with Gasteiger partial charge in [-0.3, -0.25) is 0 Å². The van der Waals surface area contributed by atoms with Gasteiger partial charge in [0.05, 0.1) is 0 Å². The first kappa shape index (κ1) is 11.0. The molecule has 0 N–H and O–H groups in total. The maximum atomic E-state index is 4.27. The van der Waals surface area contributed by atoms with E-state index in [2.05, 4.69) is 46.9 Å². The fourth-order valence-electron chi connectivity index (χ4n) is 4.63. The molecule has 15 heavy (non-hydrogen) atoms. The molecule has 0 spiro atoms. The average Bonchev–Trinajstić information content (AvgIpc) is 2.38. The third-order valence-corrected chi connectivity index (χ3v) is 5.46. The minimum atomic E-state index is 0.291. The van der Waals surface area contributed by atoms with Gasteiger partial charge in [-0.1, -0.05) is 39.0 Å². The van der Waals surface area contributed by atoms with Crippen LogP contribution in [-0.2, 0) is 0 Å². The van der Waals surface area contributed by atoms with Crippen molar-refractivity contribution in [3.8, 4) is 0 Å². The van der Waals surface area contributed by atoms with E-state index in [1.54, 1.807) is 0 Å². The highest BCUT2D eigenvalue weighted by atomic mass is 14.7. The number of fused-ring (bicyclic) bond motifs is 1. The minimum Gasteiger partial charge on any atom is -0.103 e. The number of hydrogen-bond acceptors (Lipinski definition) is 0. The second-order valence-corrected chi connectivity index (χ2v) is 6.63. The van der Waals surface area contributed by atoms with E-state index in [-0.39, 0.29) is 0 Å². The van der Waals surface area contributed by atoms with Gasteiger partial charge in [-0.15, -0.1) is 6.58 Å². The lowest BCUT2D eigenvalue weighted by Gasteiger charge is -2.63. The highest BCUT2D eigenvalue weighted by Crippen LogP contribution is 2.76. The van der Waals surface area contributed by atoms with E-state index in [1.165, 1.54) is 24.8 Å². The summed E-state index contributed by atoms with van der Waals surface area (Å²) in [6.07, 6.45) is 6.12. The summed E-state index contributed by atoms with van der Waals surface area (Å²) in [6.45, 7) is 17.8. The fourth-order valence-corrected chi connectivity index (χ4v) is 4.63. The molecule has 2 saturated carbocycles. The van der Waals surface area contributed by atoms with E-state index < -0.39 is 0 Å². The molecule has 0 bridgehead atoms. The van der Waals surface area contributed by atoms with Crippen LogP contribution in [0.3, 0.4) is 0 Å². The monoisotopic (exact) mass is 204 g/mol. The topological polar surface area (TPSA) is 0 Å². The van der Waals surface area contributed by atoms with E-state index in [0.29, 0.717) is 16.2 Å². The van der Waals surface area contributed by atoms with Gasteiger partial charge in [0.25, 0.3) is 0 Å². The SMILES string of the molecule is C=CC1(C)CCC2C(C)(C)CC21C(=C)C. The first-order valence-corrected chi connectivity index (χ1v) is 6.10. The first-order chi connectivity index (χ1) is 6.80. The van der Waals surface area contributed by atoms with E-state index in [1.807, 2.05) is 0 Å². The number of rotatable bonds is 2. The van der Waals surface area contributed by atoms with Gasteiger partial charge in [0.2, 0.25) is 0 Å². The Morgan fingerprint density at radius 2 is 1.93 bits per heavy atom. The van der Waals surface area contributed by atoms with Gasteiger partial charge < -0.3 is 0 Å². The molecule has 0 heterocycles. The van der Waals surface area contributed by atoms with Crippen molar-refractivity contribution in [1.82, 2.24) is 0 Å². The van der Waals surface area contributed by atoms with Gasteiger partial charge >= 0.3 is 0 Å². The zero-order valence-corrected chi connectivity index (χ0v) is 10.7. The van der Waals surface area contributed by atoms with Crippen molar-refractivity contribution in [1.29, 1.82) is 0 Å². The standard InChI is InChI=1S/C15H24/c1-7-14(6)9-8-12-13(4,5)10-15(12,14)11(2)3/h7,12H,1-2,8-10H2,3-6H3. The van der Waals surface area contributed by atoms with Crippen LogP contribution in [0.1, 0.15) is 47.0 Å². The first-order valence-electron chi connectivity index (χ1n) is 6.10. The molecule has 0 heteroatoms. The van der Waals surface area contributed by atoms with Gasteiger partial charge in [-0.05, 0) is 42.9 Å². The molecule has 0 aliphatic heterocycles. The molecule has 2 aliphatic carbocycles. The molecule has 2 rings (SSSR count). The number of hydrogen-bond donors (Lipinski definition) is 0. The Bertz CT molecular complexity index is 323.